The van der Waals surface area contributed by atoms with Crippen molar-refractivity contribution in [3.8, 4) is 12.3 Å². The highest BCUT2D eigenvalue weighted by Gasteiger charge is 2.18. The summed E-state index contributed by atoms with van der Waals surface area (Å²) in [7, 11) is 0. The Morgan fingerprint density at radius 2 is 2.16 bits per heavy atom. The number of hydrogen-bond acceptors (Lipinski definition) is 3. The predicted octanol–water partition coefficient (Wildman–Crippen LogP) is 1.89. The van der Waals surface area contributed by atoms with Gasteiger partial charge in [0.15, 0.2) is 0 Å². The third-order valence-electron chi connectivity index (χ3n) is 2.82. The molecule has 0 aliphatic heterocycles. The molecule has 4 nitrogen and oxygen atoms in total. The molecule has 0 fully saturated rings. The fraction of sp³-hybridized carbons (Fsp3) is 0.200. The Balaban J connectivity index is 2.50. The van der Waals surface area contributed by atoms with Crippen molar-refractivity contribution in [1.82, 2.24) is 4.90 Å². The van der Waals surface area contributed by atoms with E-state index in [-0.39, 0.29) is 12.1 Å². The van der Waals surface area contributed by atoms with Crippen molar-refractivity contribution in [3.63, 3.8) is 0 Å². The van der Waals surface area contributed by atoms with Crippen LogP contribution in [0.25, 0.3) is 11.0 Å². The second-order valence-corrected chi connectivity index (χ2v) is 4.01. The van der Waals surface area contributed by atoms with Crippen LogP contribution in [0.15, 0.2) is 39.5 Å². The monoisotopic (exact) mass is 255 g/mol. The molecule has 0 aliphatic carbocycles. The van der Waals surface area contributed by atoms with Crippen LogP contribution in [-0.2, 0) is 0 Å². The molecule has 0 aliphatic rings. The average Bonchev–Trinajstić information content (AvgIpc) is 2.43. The zero-order valence-corrected chi connectivity index (χ0v) is 10.6. The van der Waals surface area contributed by atoms with Gasteiger partial charge in [-0.1, -0.05) is 24.1 Å². The summed E-state index contributed by atoms with van der Waals surface area (Å²) in [6.45, 7) is 2.41. The molecule has 2 aromatic rings. The normalized spacial score (nSPS) is 10.1. The number of carbonyl (C=O) groups excluding carboxylic acids is 1. The van der Waals surface area contributed by atoms with Gasteiger partial charge in [-0.3, -0.25) is 4.79 Å². The van der Waals surface area contributed by atoms with Gasteiger partial charge in [0.2, 0.25) is 0 Å². The molecule has 19 heavy (non-hydrogen) atoms. The fourth-order valence-corrected chi connectivity index (χ4v) is 1.82. The Kier molecular flexibility index (Phi) is 3.67. The summed E-state index contributed by atoms with van der Waals surface area (Å²) in [5, 5.41) is 0.710. The van der Waals surface area contributed by atoms with Crippen LogP contribution < -0.4 is 5.63 Å². The van der Waals surface area contributed by atoms with Gasteiger partial charge < -0.3 is 9.32 Å². The first-order chi connectivity index (χ1) is 9.17. The van der Waals surface area contributed by atoms with Crippen LogP contribution in [0.5, 0.6) is 0 Å². The van der Waals surface area contributed by atoms with Gasteiger partial charge in [-0.05, 0) is 19.1 Å². The van der Waals surface area contributed by atoms with Gasteiger partial charge >= 0.3 is 5.63 Å². The molecule has 0 radical (unpaired) electrons. The average molecular weight is 255 g/mol. The second-order valence-electron chi connectivity index (χ2n) is 4.01. The zero-order chi connectivity index (χ0) is 13.8. The highest BCUT2D eigenvalue weighted by atomic mass is 16.4. The first-order valence-electron chi connectivity index (χ1n) is 5.93. The summed E-state index contributed by atoms with van der Waals surface area (Å²) in [4.78, 5) is 25.5. The van der Waals surface area contributed by atoms with Crippen LogP contribution in [0, 0.1) is 12.3 Å². The van der Waals surface area contributed by atoms with Crippen molar-refractivity contribution >= 4 is 16.9 Å². The Hall–Kier alpha value is -2.54. The maximum Gasteiger partial charge on any atom is 0.349 e. The molecule has 1 heterocycles. The van der Waals surface area contributed by atoms with Crippen LogP contribution in [-0.4, -0.2) is 23.9 Å². The molecule has 0 saturated carbocycles. The zero-order valence-electron chi connectivity index (χ0n) is 10.6. The third-order valence-corrected chi connectivity index (χ3v) is 2.82. The molecule has 4 heteroatoms. The lowest BCUT2D eigenvalue weighted by atomic mass is 10.1. The summed E-state index contributed by atoms with van der Waals surface area (Å²) in [6, 6.07) is 8.60. The van der Waals surface area contributed by atoms with Gasteiger partial charge in [0.25, 0.3) is 5.91 Å². The number of amides is 1. The lowest BCUT2D eigenvalue weighted by molar-refractivity contribution is 0.0781. The summed E-state index contributed by atoms with van der Waals surface area (Å²) in [5.74, 6) is 2.00. The van der Waals surface area contributed by atoms with Crippen molar-refractivity contribution in [1.29, 1.82) is 0 Å². The number of terminal acetylenes is 1. The van der Waals surface area contributed by atoms with Crippen LogP contribution in [0.3, 0.4) is 0 Å². The van der Waals surface area contributed by atoms with E-state index in [1.54, 1.807) is 31.2 Å². The molecule has 1 aromatic carbocycles. The quantitative estimate of drug-likeness (QED) is 0.621. The van der Waals surface area contributed by atoms with Crippen LogP contribution >= 0.6 is 0 Å². The number of benzene rings is 1. The molecule has 0 spiro atoms. The Labute approximate surface area is 110 Å². The summed E-state index contributed by atoms with van der Waals surface area (Å²) < 4.78 is 5.13. The van der Waals surface area contributed by atoms with Gasteiger partial charge in [-0.15, -0.1) is 6.42 Å². The molecule has 1 aromatic heterocycles. The number of para-hydroxylation sites is 1. The van der Waals surface area contributed by atoms with Crippen molar-refractivity contribution in [3.05, 3.63) is 46.3 Å². The topological polar surface area (TPSA) is 50.5 Å². The van der Waals surface area contributed by atoms with Gasteiger partial charge in [0.1, 0.15) is 11.1 Å². The molecular weight excluding hydrogens is 242 g/mol. The highest BCUT2D eigenvalue weighted by molar-refractivity contribution is 5.96. The van der Waals surface area contributed by atoms with Crippen LogP contribution in [0.2, 0.25) is 0 Å². The van der Waals surface area contributed by atoms with E-state index in [0.29, 0.717) is 17.5 Å². The van der Waals surface area contributed by atoms with E-state index in [0.717, 1.165) is 0 Å². The Bertz CT molecular complexity index is 709. The number of nitrogens with zero attached hydrogens (tertiary/aromatic N) is 1. The highest BCUT2D eigenvalue weighted by Crippen LogP contribution is 2.13. The molecule has 1 amide bonds. The van der Waals surface area contributed by atoms with E-state index < -0.39 is 11.5 Å². The SMILES string of the molecule is C#CCN(CC)C(=O)c1cc2ccccc2oc1=O. The lowest BCUT2D eigenvalue weighted by Crippen LogP contribution is -2.34. The molecule has 0 saturated heterocycles. The number of hydrogen-bond donors (Lipinski definition) is 0. The number of rotatable bonds is 3. The molecule has 0 unspecified atom stereocenters. The van der Waals surface area contributed by atoms with E-state index in [9.17, 15) is 9.59 Å². The van der Waals surface area contributed by atoms with Crippen molar-refractivity contribution in [2.75, 3.05) is 13.1 Å². The smallest absolute Gasteiger partial charge is 0.349 e. The Morgan fingerprint density at radius 1 is 1.42 bits per heavy atom. The number of carbonyl (C=O) groups is 1. The van der Waals surface area contributed by atoms with Gasteiger partial charge in [0.05, 0.1) is 6.54 Å². The standard InChI is InChI=1S/C15H13NO3/c1-3-9-16(4-2)14(17)12-10-11-7-5-6-8-13(11)19-15(12)18/h1,5-8,10H,4,9H2,2H3. The first kappa shape index (κ1) is 12.9. The summed E-state index contributed by atoms with van der Waals surface area (Å²) >= 11 is 0. The summed E-state index contributed by atoms with van der Waals surface area (Å²) in [6.07, 6.45) is 5.20. The van der Waals surface area contributed by atoms with Gasteiger partial charge in [-0.25, -0.2) is 4.79 Å². The minimum absolute atomic E-state index is 0.0100. The molecule has 0 atom stereocenters. The van der Waals surface area contributed by atoms with Crippen molar-refractivity contribution in [2.24, 2.45) is 0 Å². The summed E-state index contributed by atoms with van der Waals surface area (Å²) in [5.41, 5.74) is -0.168. The van der Waals surface area contributed by atoms with E-state index in [1.807, 2.05) is 6.07 Å². The van der Waals surface area contributed by atoms with E-state index in [1.165, 1.54) is 4.90 Å². The molecule has 2 rings (SSSR count). The largest absolute Gasteiger partial charge is 0.422 e. The number of fused-ring (bicyclic) bond motifs is 1. The van der Waals surface area contributed by atoms with Crippen molar-refractivity contribution < 1.29 is 9.21 Å². The van der Waals surface area contributed by atoms with E-state index in [4.69, 9.17) is 10.8 Å². The Morgan fingerprint density at radius 3 is 2.84 bits per heavy atom. The second kappa shape index (κ2) is 5.40. The minimum atomic E-state index is -0.640. The molecule has 0 bridgehead atoms. The maximum atomic E-state index is 12.2. The minimum Gasteiger partial charge on any atom is -0.422 e. The molecule has 0 N–H and O–H groups in total. The first-order valence-corrected chi connectivity index (χ1v) is 5.93. The van der Waals surface area contributed by atoms with Crippen LogP contribution in [0.1, 0.15) is 17.3 Å². The van der Waals surface area contributed by atoms with E-state index >= 15 is 0 Å². The predicted molar refractivity (Wildman–Crippen MR) is 72.9 cm³/mol. The van der Waals surface area contributed by atoms with Crippen LogP contribution in [0.4, 0.5) is 0 Å². The molecule has 96 valence electrons. The fourth-order valence-electron chi connectivity index (χ4n) is 1.82. The third kappa shape index (κ3) is 2.50. The maximum absolute atomic E-state index is 12.2. The van der Waals surface area contributed by atoms with Crippen molar-refractivity contribution in [2.45, 2.75) is 6.92 Å². The van der Waals surface area contributed by atoms with Gasteiger partial charge in [-0.2, -0.15) is 0 Å². The lowest BCUT2D eigenvalue weighted by Gasteiger charge is -2.17. The van der Waals surface area contributed by atoms with E-state index in [2.05, 4.69) is 5.92 Å². The van der Waals surface area contributed by atoms with Gasteiger partial charge in [0, 0.05) is 11.9 Å². The molecular formula is C15H13NO3.